The molecular formula is C114H74N2S2. The maximum atomic E-state index is 2.41. The maximum absolute atomic E-state index is 2.41. The lowest BCUT2D eigenvalue weighted by atomic mass is 9.91. The van der Waals surface area contributed by atoms with E-state index in [0.717, 1.165) is 5.69 Å². The Morgan fingerprint density at radius 2 is 0.356 bits per heavy atom. The summed E-state index contributed by atoms with van der Waals surface area (Å²) in [6.45, 7) is 0. The van der Waals surface area contributed by atoms with Crippen molar-refractivity contribution in [1.29, 1.82) is 0 Å². The number of hydrogen-bond acceptors (Lipinski definition) is 2. The summed E-state index contributed by atoms with van der Waals surface area (Å²) >= 11 is 3.82. The fourth-order valence-electron chi connectivity index (χ4n) is 17.9. The van der Waals surface area contributed by atoms with Gasteiger partial charge in [-0.3, -0.25) is 0 Å². The Kier molecular flexibility index (Phi) is 17.7. The van der Waals surface area contributed by atoms with Crippen LogP contribution in [0.5, 0.6) is 0 Å². The topological polar surface area (TPSA) is 9.86 Å². The predicted octanol–water partition coefficient (Wildman–Crippen LogP) is 32.6. The Balaban J connectivity index is 0.000000143. The van der Waals surface area contributed by atoms with E-state index < -0.39 is 0 Å². The summed E-state index contributed by atoms with van der Waals surface area (Å²) in [5.74, 6) is 0. The van der Waals surface area contributed by atoms with Gasteiger partial charge < -0.3 is 9.13 Å². The van der Waals surface area contributed by atoms with Crippen LogP contribution in [0.25, 0.3) is 218 Å². The second kappa shape index (κ2) is 29.9. The Hall–Kier alpha value is -14.8. The van der Waals surface area contributed by atoms with Gasteiger partial charge in [-0.1, -0.05) is 346 Å². The molecule has 2 nitrogen and oxygen atoms in total. The third-order valence-corrected chi connectivity index (χ3v) is 26.2. The molecule has 0 amide bonds. The first-order valence-electron chi connectivity index (χ1n) is 40.4. The standard InChI is InChI=1S/C60H39NS.C54H35NS/c1-4-14-40(15-5-1)42-26-28-44(29-27-42)47-36-48(38-49(37-47)52-22-13-24-55-54-23-12-21-51(59(54)62-60(52)55)45-18-8-3-9-19-45)46-32-35-58-56(39-46)53-20-10-11-25-57(53)61(58)50-33-30-43(31-34-50)41-16-6-2-7-17-41;1-4-15-36(16-5-1)38-19-12-20-39(31-38)41-32-42(40-29-30-52-50(35-40)47-23-10-11-28-51(47)55(52)44-21-8-3-9-22-44)34-43(33-41)46-25-14-27-49-48-26-13-24-45(53(48)56-54(46)49)37-17-6-2-7-18-37/h1-39H;1-35H. The van der Waals surface area contributed by atoms with Crippen LogP contribution in [0.2, 0.25) is 0 Å². The van der Waals surface area contributed by atoms with Gasteiger partial charge >= 0.3 is 0 Å². The molecule has 0 saturated heterocycles. The van der Waals surface area contributed by atoms with Gasteiger partial charge in [-0.25, -0.2) is 0 Å². The number of benzene rings is 19. The molecule has 552 valence electrons. The number of rotatable bonds is 13. The van der Waals surface area contributed by atoms with E-state index in [1.807, 2.05) is 22.7 Å². The molecule has 0 N–H and O–H groups in total. The van der Waals surface area contributed by atoms with E-state index in [1.54, 1.807) is 0 Å². The van der Waals surface area contributed by atoms with Crippen molar-refractivity contribution in [2.75, 3.05) is 0 Å². The fraction of sp³-hybridized carbons (Fsp3) is 0. The number of aromatic nitrogens is 2. The molecule has 0 aliphatic rings. The monoisotopic (exact) mass is 1530 g/mol. The van der Waals surface area contributed by atoms with Gasteiger partial charge in [-0.05, 0) is 226 Å². The molecule has 0 radical (unpaired) electrons. The Morgan fingerprint density at radius 3 is 0.754 bits per heavy atom. The van der Waals surface area contributed by atoms with Crippen molar-refractivity contribution in [2.45, 2.75) is 0 Å². The van der Waals surface area contributed by atoms with Crippen molar-refractivity contribution in [3.8, 4) is 134 Å². The van der Waals surface area contributed by atoms with Crippen LogP contribution in [0.15, 0.2) is 449 Å². The van der Waals surface area contributed by atoms with Crippen molar-refractivity contribution in [1.82, 2.24) is 9.13 Å². The number of fused-ring (bicyclic) bond motifs is 12. The van der Waals surface area contributed by atoms with Crippen LogP contribution in [-0.2, 0) is 0 Å². The van der Waals surface area contributed by atoms with Gasteiger partial charge in [0.2, 0.25) is 0 Å². The SMILES string of the molecule is c1ccc(-c2ccc(-c3cc(-c4ccc5c(c4)c4ccccc4n5-c4ccc(-c5ccccc5)cc4)cc(-c4cccc5c4sc4c(-c6ccccc6)cccc45)c3)cc2)cc1.c1ccc(-c2cccc(-c3cc(-c4ccc5c(c4)c4ccccc4n5-c4ccccc4)cc(-c4cccc5c4sc4c(-c6ccccc6)cccc45)c3)c2)cc1. The summed E-state index contributed by atoms with van der Waals surface area (Å²) < 4.78 is 10.1. The zero-order valence-corrected chi connectivity index (χ0v) is 66.1. The highest BCUT2D eigenvalue weighted by atomic mass is 32.1. The van der Waals surface area contributed by atoms with E-state index in [2.05, 4.69) is 458 Å². The normalized spacial score (nSPS) is 11.6. The lowest BCUT2D eigenvalue weighted by Gasteiger charge is -2.13. The van der Waals surface area contributed by atoms with E-state index in [1.165, 1.54) is 212 Å². The number of nitrogens with zero attached hydrogens (tertiary/aromatic N) is 2. The Bertz CT molecular complexity index is 7730. The van der Waals surface area contributed by atoms with E-state index in [0.29, 0.717) is 0 Å². The van der Waals surface area contributed by atoms with Crippen LogP contribution in [-0.4, -0.2) is 9.13 Å². The number of hydrogen-bond donors (Lipinski definition) is 0. The van der Waals surface area contributed by atoms with Crippen LogP contribution in [0, 0.1) is 0 Å². The van der Waals surface area contributed by atoms with Crippen LogP contribution in [0.1, 0.15) is 0 Å². The number of thiophene rings is 2. The van der Waals surface area contributed by atoms with E-state index in [4.69, 9.17) is 0 Å². The van der Waals surface area contributed by atoms with Gasteiger partial charge in [0.1, 0.15) is 0 Å². The minimum absolute atomic E-state index is 1.15. The van der Waals surface area contributed by atoms with Crippen LogP contribution in [0.4, 0.5) is 0 Å². The molecule has 0 bridgehead atoms. The molecule has 0 spiro atoms. The smallest absolute Gasteiger partial charge is 0.0541 e. The Morgan fingerprint density at radius 1 is 0.127 bits per heavy atom. The van der Waals surface area contributed by atoms with Gasteiger partial charge in [0.25, 0.3) is 0 Å². The van der Waals surface area contributed by atoms with Crippen molar-refractivity contribution in [3.63, 3.8) is 0 Å². The molecule has 4 aromatic heterocycles. The molecule has 4 heteroatoms. The highest BCUT2D eigenvalue weighted by Gasteiger charge is 2.22. The second-order valence-corrected chi connectivity index (χ2v) is 32.6. The number of para-hydroxylation sites is 3. The van der Waals surface area contributed by atoms with Crippen LogP contribution < -0.4 is 0 Å². The summed E-state index contributed by atoms with van der Waals surface area (Å²) in [6.07, 6.45) is 0. The van der Waals surface area contributed by atoms with Gasteiger partial charge in [0.15, 0.2) is 0 Å². The largest absolute Gasteiger partial charge is 0.309 e. The molecule has 0 saturated carbocycles. The molecule has 4 heterocycles. The van der Waals surface area contributed by atoms with Crippen molar-refractivity contribution in [3.05, 3.63) is 449 Å². The minimum Gasteiger partial charge on any atom is -0.309 e. The van der Waals surface area contributed by atoms with Gasteiger partial charge in [-0.2, -0.15) is 0 Å². The van der Waals surface area contributed by atoms with Gasteiger partial charge in [0, 0.05) is 73.3 Å². The van der Waals surface area contributed by atoms with Gasteiger partial charge in [0.05, 0.1) is 22.1 Å². The zero-order chi connectivity index (χ0) is 78.0. The van der Waals surface area contributed by atoms with Crippen molar-refractivity contribution < 1.29 is 0 Å². The highest BCUT2D eigenvalue weighted by molar-refractivity contribution is 7.27. The summed E-state index contributed by atoms with van der Waals surface area (Å²) in [4.78, 5) is 0. The average Bonchev–Trinajstić information content (AvgIpc) is 1.63. The second-order valence-electron chi connectivity index (χ2n) is 30.6. The fourth-order valence-corrected chi connectivity index (χ4v) is 20.6. The van der Waals surface area contributed by atoms with Gasteiger partial charge in [-0.15, -0.1) is 22.7 Å². The van der Waals surface area contributed by atoms with Crippen LogP contribution in [0.3, 0.4) is 0 Å². The molecule has 0 atom stereocenters. The minimum atomic E-state index is 1.15. The lowest BCUT2D eigenvalue weighted by molar-refractivity contribution is 1.18. The molecule has 0 aliphatic carbocycles. The molecule has 23 aromatic rings. The molecule has 0 aliphatic heterocycles. The summed E-state index contributed by atoms with van der Waals surface area (Å²) in [5.41, 5.74) is 34.0. The average molecular weight is 1540 g/mol. The zero-order valence-electron chi connectivity index (χ0n) is 64.4. The van der Waals surface area contributed by atoms with Crippen LogP contribution >= 0.6 is 22.7 Å². The molecule has 19 aromatic carbocycles. The first-order valence-corrected chi connectivity index (χ1v) is 42.0. The van der Waals surface area contributed by atoms with E-state index in [-0.39, 0.29) is 0 Å². The Labute approximate surface area is 693 Å². The summed E-state index contributed by atoms with van der Waals surface area (Å²) in [6, 6.07) is 164. The molecule has 23 rings (SSSR count). The summed E-state index contributed by atoms with van der Waals surface area (Å²) in [5, 5.41) is 10.2. The lowest BCUT2D eigenvalue weighted by Crippen LogP contribution is -1.93. The molecular weight excluding hydrogens is 1460 g/mol. The predicted molar refractivity (Wildman–Crippen MR) is 507 cm³/mol. The third-order valence-electron chi connectivity index (χ3n) is 23.6. The first kappa shape index (κ1) is 69.9. The molecule has 0 fully saturated rings. The molecule has 0 unspecified atom stereocenters. The van der Waals surface area contributed by atoms with E-state index in [9.17, 15) is 0 Å². The van der Waals surface area contributed by atoms with E-state index >= 15 is 0 Å². The molecule has 118 heavy (non-hydrogen) atoms. The van der Waals surface area contributed by atoms with Crippen molar-refractivity contribution in [2.24, 2.45) is 0 Å². The van der Waals surface area contributed by atoms with Crippen molar-refractivity contribution >= 4 is 107 Å². The highest BCUT2D eigenvalue weighted by Crippen LogP contribution is 2.49. The quantitative estimate of drug-likeness (QED) is 0.109. The maximum Gasteiger partial charge on any atom is 0.0541 e. The third kappa shape index (κ3) is 12.7. The first-order chi connectivity index (χ1) is 58.5. The summed E-state index contributed by atoms with van der Waals surface area (Å²) in [7, 11) is 0.